The Hall–Kier alpha value is -7.82. The Balaban J connectivity index is 1.16. The van der Waals surface area contributed by atoms with E-state index in [0.717, 1.165) is 56.7 Å². The Morgan fingerprint density at radius 3 is 1.63 bits per heavy atom. The summed E-state index contributed by atoms with van der Waals surface area (Å²) in [7, 11) is 1.71. The third kappa shape index (κ3) is 6.22. The van der Waals surface area contributed by atoms with Gasteiger partial charge in [0.2, 0.25) is 0 Å². The molecule has 0 bridgehead atoms. The van der Waals surface area contributed by atoms with E-state index in [1.165, 1.54) is 44.1 Å². The van der Waals surface area contributed by atoms with Crippen molar-refractivity contribution in [3.8, 4) is 33.7 Å². The maximum atomic E-state index is 5.62. The van der Waals surface area contributed by atoms with Crippen LogP contribution in [-0.4, -0.2) is 11.7 Å². The third-order valence-corrected chi connectivity index (χ3v) is 12.6. The highest BCUT2D eigenvalue weighted by atomic mass is 16.5. The second-order valence-corrected chi connectivity index (χ2v) is 16.6. The van der Waals surface area contributed by atoms with Gasteiger partial charge >= 0.3 is 0 Å². The monoisotopic (exact) mass is 799 g/mol. The lowest BCUT2D eigenvalue weighted by Crippen LogP contribution is -2.17. The van der Waals surface area contributed by atoms with Gasteiger partial charge in [0.25, 0.3) is 0 Å². The molecule has 0 fully saturated rings. The fourth-order valence-corrected chi connectivity index (χ4v) is 9.64. The molecule has 0 unspecified atom stereocenters. The molecule has 298 valence electrons. The number of aromatic nitrogens is 1. The maximum absolute atomic E-state index is 5.62. The molecule has 0 spiro atoms. The van der Waals surface area contributed by atoms with Crippen LogP contribution >= 0.6 is 0 Å². The first kappa shape index (κ1) is 37.2. The van der Waals surface area contributed by atoms with Crippen LogP contribution in [0.2, 0.25) is 0 Å². The number of hydrogen-bond acceptors (Lipinski definition) is 3. The highest BCUT2D eigenvalue weighted by Crippen LogP contribution is 2.51. The van der Waals surface area contributed by atoms with Crippen LogP contribution in [0.4, 0.5) is 34.1 Å². The zero-order valence-electron chi connectivity index (χ0n) is 35.0. The molecular weight excluding hydrogens is 755 g/mol. The minimum atomic E-state index is -0.149. The molecule has 1 heterocycles. The Labute approximate surface area is 363 Å². The number of methoxy groups -OCH3 is 1. The summed E-state index contributed by atoms with van der Waals surface area (Å²) in [5, 5.41) is 2.44. The van der Waals surface area contributed by atoms with Crippen molar-refractivity contribution in [3.63, 3.8) is 0 Å². The summed E-state index contributed by atoms with van der Waals surface area (Å²) in [6.45, 7) is 4.70. The van der Waals surface area contributed by atoms with Gasteiger partial charge in [-0.25, -0.2) is 0 Å². The molecule has 0 saturated carbocycles. The summed E-state index contributed by atoms with van der Waals surface area (Å²) in [6, 6.07) is 79.0. The lowest BCUT2D eigenvalue weighted by atomic mass is 9.82. The van der Waals surface area contributed by atoms with Crippen molar-refractivity contribution in [2.24, 2.45) is 0 Å². The van der Waals surface area contributed by atoms with Crippen molar-refractivity contribution in [3.05, 3.63) is 230 Å². The molecule has 1 aromatic heterocycles. The van der Waals surface area contributed by atoms with E-state index in [9.17, 15) is 0 Å². The smallest absolute Gasteiger partial charge is 0.119 e. The van der Waals surface area contributed by atoms with Gasteiger partial charge in [-0.2, -0.15) is 0 Å². The molecule has 0 saturated heterocycles. The van der Waals surface area contributed by atoms with Crippen molar-refractivity contribution in [1.29, 1.82) is 0 Å². The van der Waals surface area contributed by atoms with Crippen LogP contribution in [0.5, 0.6) is 5.75 Å². The lowest BCUT2D eigenvalue weighted by molar-refractivity contribution is 0.415. The summed E-state index contributed by atoms with van der Waals surface area (Å²) in [6.07, 6.45) is 0. The molecule has 11 rings (SSSR count). The summed E-state index contributed by atoms with van der Waals surface area (Å²) in [5.41, 5.74) is 17.3. The topological polar surface area (TPSA) is 20.6 Å². The van der Waals surface area contributed by atoms with Gasteiger partial charge in [0.1, 0.15) is 5.75 Å². The minimum Gasteiger partial charge on any atom is -0.497 e. The number of anilines is 6. The first-order valence-electron chi connectivity index (χ1n) is 21.3. The quantitative estimate of drug-likeness (QED) is 0.145. The fourth-order valence-electron chi connectivity index (χ4n) is 9.64. The number of ether oxygens (including phenoxy) is 1. The Bertz CT molecular complexity index is 3240. The normalized spacial score (nSPS) is 12.6. The molecule has 9 aromatic carbocycles. The Morgan fingerprint density at radius 1 is 0.387 bits per heavy atom. The summed E-state index contributed by atoms with van der Waals surface area (Å²) in [4.78, 5) is 4.77. The standard InChI is InChI=1S/C58H45N3O/c1-58(2)54-25-15-13-23-50(54)51-33-30-46(39-55(51)58)60(43-19-9-5-10-20-43)48-36-41(35-47(38-48)59(42-17-7-4-8-18-42)45-28-31-49(62-3)32-29-45)40-27-34-57-53(37-40)52-24-14-16-26-56(52)61(57)44-21-11-6-12-22-44/h4-39H,1-3H3. The van der Waals surface area contributed by atoms with Gasteiger partial charge in [0.15, 0.2) is 0 Å². The second kappa shape index (κ2) is 15.0. The van der Waals surface area contributed by atoms with Gasteiger partial charge < -0.3 is 19.1 Å². The highest BCUT2D eigenvalue weighted by molar-refractivity contribution is 6.10. The van der Waals surface area contributed by atoms with Gasteiger partial charge in [0.05, 0.1) is 18.1 Å². The van der Waals surface area contributed by atoms with Crippen LogP contribution in [0.25, 0.3) is 49.7 Å². The average molecular weight is 800 g/mol. The molecule has 0 amide bonds. The second-order valence-electron chi connectivity index (χ2n) is 16.6. The average Bonchev–Trinajstić information content (AvgIpc) is 3.78. The molecule has 4 heteroatoms. The number of para-hydroxylation sites is 4. The molecule has 1 aliphatic rings. The molecule has 0 atom stereocenters. The van der Waals surface area contributed by atoms with E-state index >= 15 is 0 Å². The van der Waals surface area contributed by atoms with Crippen molar-refractivity contribution in [1.82, 2.24) is 4.57 Å². The van der Waals surface area contributed by atoms with E-state index in [1.54, 1.807) is 7.11 Å². The third-order valence-electron chi connectivity index (χ3n) is 12.6. The molecule has 4 nitrogen and oxygen atoms in total. The maximum Gasteiger partial charge on any atom is 0.119 e. The summed E-state index contributed by atoms with van der Waals surface area (Å²) < 4.78 is 8.00. The van der Waals surface area contributed by atoms with E-state index < -0.39 is 0 Å². The van der Waals surface area contributed by atoms with Crippen molar-refractivity contribution in [2.45, 2.75) is 19.3 Å². The molecule has 0 aliphatic heterocycles. The van der Waals surface area contributed by atoms with Gasteiger partial charge in [-0.15, -0.1) is 0 Å². The predicted molar refractivity (Wildman–Crippen MR) is 260 cm³/mol. The molecule has 0 N–H and O–H groups in total. The van der Waals surface area contributed by atoms with E-state index in [-0.39, 0.29) is 5.41 Å². The Kier molecular flexibility index (Phi) is 9.01. The van der Waals surface area contributed by atoms with Crippen LogP contribution in [0.1, 0.15) is 25.0 Å². The van der Waals surface area contributed by atoms with Crippen LogP contribution in [0.3, 0.4) is 0 Å². The number of nitrogens with zero attached hydrogens (tertiary/aromatic N) is 3. The van der Waals surface area contributed by atoms with Crippen LogP contribution < -0.4 is 14.5 Å². The largest absolute Gasteiger partial charge is 0.497 e. The van der Waals surface area contributed by atoms with Gasteiger partial charge in [-0.05, 0) is 143 Å². The first-order valence-corrected chi connectivity index (χ1v) is 21.3. The molecule has 1 aliphatic carbocycles. The highest BCUT2D eigenvalue weighted by Gasteiger charge is 2.36. The van der Waals surface area contributed by atoms with Crippen molar-refractivity contribution < 1.29 is 4.74 Å². The van der Waals surface area contributed by atoms with Gasteiger partial charge in [-0.3, -0.25) is 0 Å². The molecular formula is C58H45N3O. The van der Waals surface area contributed by atoms with Crippen LogP contribution in [0, 0.1) is 0 Å². The fraction of sp³-hybridized carbons (Fsp3) is 0.0690. The molecule has 10 aromatic rings. The summed E-state index contributed by atoms with van der Waals surface area (Å²) in [5.74, 6) is 0.816. The van der Waals surface area contributed by atoms with Crippen LogP contribution in [-0.2, 0) is 5.41 Å². The molecule has 62 heavy (non-hydrogen) atoms. The number of hydrogen-bond donors (Lipinski definition) is 0. The van der Waals surface area contributed by atoms with Crippen molar-refractivity contribution >= 4 is 55.9 Å². The number of rotatable bonds is 9. The van der Waals surface area contributed by atoms with Gasteiger partial charge in [0, 0.05) is 56.0 Å². The zero-order valence-corrected chi connectivity index (χ0v) is 35.0. The summed E-state index contributed by atoms with van der Waals surface area (Å²) >= 11 is 0. The van der Waals surface area contributed by atoms with Crippen molar-refractivity contribution in [2.75, 3.05) is 16.9 Å². The zero-order chi connectivity index (χ0) is 41.8. The first-order chi connectivity index (χ1) is 30.5. The van der Waals surface area contributed by atoms with Gasteiger partial charge in [-0.1, -0.05) is 123 Å². The molecule has 0 radical (unpaired) electrons. The Morgan fingerprint density at radius 2 is 0.935 bits per heavy atom. The van der Waals surface area contributed by atoms with E-state index in [0.29, 0.717) is 0 Å². The number of benzene rings is 9. The minimum absolute atomic E-state index is 0.149. The van der Waals surface area contributed by atoms with E-state index in [4.69, 9.17) is 4.74 Å². The SMILES string of the molecule is COc1ccc(N(c2ccccc2)c2cc(-c3ccc4c(c3)c3ccccc3n4-c3ccccc3)cc(N(c3ccccc3)c3ccc4c(c3)C(C)(C)c3ccccc3-4)c2)cc1. The number of fused-ring (bicyclic) bond motifs is 6. The lowest BCUT2D eigenvalue weighted by Gasteiger charge is -2.31. The predicted octanol–water partition coefficient (Wildman–Crippen LogP) is 15.7. The van der Waals surface area contributed by atoms with E-state index in [2.05, 4.69) is 234 Å². The van der Waals surface area contributed by atoms with Crippen LogP contribution in [0.15, 0.2) is 218 Å². The van der Waals surface area contributed by atoms with E-state index in [1.807, 2.05) is 12.1 Å².